The maximum absolute atomic E-state index is 14.3. The van der Waals surface area contributed by atoms with Crippen LogP contribution in [0.4, 0.5) is 10.2 Å². The first-order valence-corrected chi connectivity index (χ1v) is 6.83. The van der Waals surface area contributed by atoms with E-state index >= 15 is 0 Å². The largest absolute Gasteiger partial charge is 0.354 e. The minimum atomic E-state index is -0.184. The first-order chi connectivity index (χ1) is 8.74. The van der Waals surface area contributed by atoms with Gasteiger partial charge >= 0.3 is 0 Å². The number of halogens is 1. The van der Waals surface area contributed by atoms with Crippen LogP contribution in [0.1, 0.15) is 39.2 Å². The van der Waals surface area contributed by atoms with Crippen LogP contribution in [-0.2, 0) is 6.54 Å². The van der Waals surface area contributed by atoms with E-state index in [1.807, 2.05) is 11.8 Å². The number of aromatic nitrogens is 1. The van der Waals surface area contributed by atoms with Gasteiger partial charge in [-0.15, -0.1) is 0 Å². The molecule has 0 saturated carbocycles. The van der Waals surface area contributed by atoms with Gasteiger partial charge in [0.25, 0.3) is 0 Å². The monoisotopic (exact) mass is 253 g/mol. The van der Waals surface area contributed by atoms with E-state index in [2.05, 4.69) is 24.1 Å². The predicted molar refractivity (Wildman–Crippen MR) is 74.4 cm³/mol. The van der Waals surface area contributed by atoms with Crippen LogP contribution >= 0.6 is 0 Å². The van der Waals surface area contributed by atoms with Crippen LogP contribution in [0.3, 0.4) is 0 Å². The van der Waals surface area contributed by atoms with Crippen LogP contribution in [0, 0.1) is 5.82 Å². The Balaban J connectivity index is 2.82. The molecule has 0 aliphatic heterocycles. The van der Waals surface area contributed by atoms with Gasteiger partial charge in [0, 0.05) is 31.4 Å². The van der Waals surface area contributed by atoms with Crippen LogP contribution in [0.25, 0.3) is 0 Å². The van der Waals surface area contributed by atoms with E-state index in [9.17, 15) is 4.39 Å². The summed E-state index contributed by atoms with van der Waals surface area (Å²) >= 11 is 0. The Kier molecular flexibility index (Phi) is 6.65. The van der Waals surface area contributed by atoms with Crippen molar-refractivity contribution in [3.63, 3.8) is 0 Å². The van der Waals surface area contributed by atoms with E-state index in [1.54, 1.807) is 12.3 Å². The molecule has 0 atom stereocenters. The maximum Gasteiger partial charge on any atom is 0.170 e. The molecule has 1 aromatic rings. The van der Waals surface area contributed by atoms with E-state index in [0.717, 1.165) is 32.5 Å². The van der Waals surface area contributed by atoms with Crippen LogP contribution in [-0.4, -0.2) is 24.6 Å². The standard InChI is InChI=1S/C14H24FN3/c1-4-8-16-11-12-7-9-17-14(13(12)15)18(6-3)10-5-2/h7,9,16H,4-6,8,10-11H2,1-3H3. The molecule has 0 radical (unpaired) electrons. The van der Waals surface area contributed by atoms with Crippen molar-refractivity contribution in [2.45, 2.75) is 40.2 Å². The number of nitrogens with one attached hydrogen (secondary N) is 1. The van der Waals surface area contributed by atoms with Crippen molar-refractivity contribution >= 4 is 5.82 Å². The number of nitrogens with zero attached hydrogens (tertiary/aromatic N) is 2. The Morgan fingerprint density at radius 1 is 1.28 bits per heavy atom. The number of hydrogen-bond donors (Lipinski definition) is 1. The third kappa shape index (κ3) is 3.95. The van der Waals surface area contributed by atoms with Crippen molar-refractivity contribution in [2.75, 3.05) is 24.5 Å². The molecule has 0 bridgehead atoms. The molecule has 0 fully saturated rings. The van der Waals surface area contributed by atoms with E-state index in [1.165, 1.54) is 0 Å². The molecule has 0 unspecified atom stereocenters. The van der Waals surface area contributed by atoms with Crippen LogP contribution < -0.4 is 10.2 Å². The molecular weight excluding hydrogens is 229 g/mol. The summed E-state index contributed by atoms with van der Waals surface area (Å²) in [7, 11) is 0. The van der Waals surface area contributed by atoms with Crippen molar-refractivity contribution in [1.82, 2.24) is 10.3 Å². The highest BCUT2D eigenvalue weighted by atomic mass is 19.1. The summed E-state index contributed by atoms with van der Waals surface area (Å²) < 4.78 is 14.3. The SMILES string of the molecule is CCCNCc1ccnc(N(CC)CCC)c1F. The minimum absolute atomic E-state index is 0.184. The second-order valence-electron chi connectivity index (χ2n) is 4.36. The van der Waals surface area contributed by atoms with Crippen LogP contribution in [0.5, 0.6) is 0 Å². The maximum atomic E-state index is 14.3. The number of hydrogen-bond acceptors (Lipinski definition) is 3. The first-order valence-electron chi connectivity index (χ1n) is 6.83. The quantitative estimate of drug-likeness (QED) is 0.722. The van der Waals surface area contributed by atoms with E-state index in [4.69, 9.17) is 0 Å². The molecule has 1 aromatic heterocycles. The molecule has 0 amide bonds. The Morgan fingerprint density at radius 3 is 2.67 bits per heavy atom. The molecule has 18 heavy (non-hydrogen) atoms. The van der Waals surface area contributed by atoms with Gasteiger partial charge in [0.15, 0.2) is 11.6 Å². The lowest BCUT2D eigenvalue weighted by atomic mass is 10.2. The molecule has 4 heteroatoms. The highest BCUT2D eigenvalue weighted by molar-refractivity contribution is 5.42. The van der Waals surface area contributed by atoms with Crippen molar-refractivity contribution in [3.8, 4) is 0 Å². The van der Waals surface area contributed by atoms with Gasteiger partial charge < -0.3 is 10.2 Å². The first kappa shape index (κ1) is 14.9. The molecule has 1 rings (SSSR count). The molecule has 0 aliphatic carbocycles. The van der Waals surface area contributed by atoms with Crippen molar-refractivity contribution in [1.29, 1.82) is 0 Å². The highest BCUT2D eigenvalue weighted by Gasteiger charge is 2.14. The van der Waals surface area contributed by atoms with E-state index in [0.29, 0.717) is 17.9 Å². The van der Waals surface area contributed by atoms with Crippen molar-refractivity contribution < 1.29 is 4.39 Å². The summed E-state index contributed by atoms with van der Waals surface area (Å²) in [4.78, 5) is 6.16. The third-order valence-corrected chi connectivity index (χ3v) is 2.87. The molecular formula is C14H24FN3. The molecule has 0 aromatic carbocycles. The summed E-state index contributed by atoms with van der Waals surface area (Å²) in [5.74, 6) is 0.298. The van der Waals surface area contributed by atoms with Gasteiger partial charge in [-0.3, -0.25) is 0 Å². The molecule has 0 saturated heterocycles. The Morgan fingerprint density at radius 2 is 2.06 bits per heavy atom. The lowest BCUT2D eigenvalue weighted by molar-refractivity contribution is 0.573. The summed E-state index contributed by atoms with van der Waals surface area (Å²) in [6, 6.07) is 1.75. The van der Waals surface area contributed by atoms with Crippen molar-refractivity contribution in [3.05, 3.63) is 23.6 Å². The lowest BCUT2D eigenvalue weighted by Crippen LogP contribution is -2.26. The Hall–Kier alpha value is -1.16. The fraction of sp³-hybridized carbons (Fsp3) is 0.643. The molecule has 1 N–H and O–H groups in total. The summed E-state index contributed by atoms with van der Waals surface area (Å²) in [5.41, 5.74) is 0.697. The number of anilines is 1. The zero-order valence-corrected chi connectivity index (χ0v) is 11.7. The van der Waals surface area contributed by atoms with Crippen LogP contribution in [0.15, 0.2) is 12.3 Å². The van der Waals surface area contributed by atoms with Gasteiger partial charge in [0.1, 0.15) is 0 Å². The lowest BCUT2D eigenvalue weighted by Gasteiger charge is -2.22. The molecule has 1 heterocycles. The zero-order valence-electron chi connectivity index (χ0n) is 11.7. The molecule has 102 valence electrons. The molecule has 0 aliphatic rings. The summed E-state index contributed by atoms with van der Waals surface area (Å²) in [6.07, 6.45) is 3.74. The topological polar surface area (TPSA) is 28.2 Å². The fourth-order valence-corrected chi connectivity index (χ4v) is 1.91. The van der Waals surface area contributed by atoms with E-state index < -0.39 is 0 Å². The average Bonchev–Trinajstić information content (AvgIpc) is 2.39. The highest BCUT2D eigenvalue weighted by Crippen LogP contribution is 2.19. The van der Waals surface area contributed by atoms with Crippen molar-refractivity contribution in [2.24, 2.45) is 0 Å². The smallest absolute Gasteiger partial charge is 0.170 e. The van der Waals surface area contributed by atoms with Gasteiger partial charge in [0.05, 0.1) is 0 Å². The van der Waals surface area contributed by atoms with E-state index in [-0.39, 0.29) is 5.82 Å². The van der Waals surface area contributed by atoms with Gasteiger partial charge in [-0.05, 0) is 32.4 Å². The predicted octanol–water partition coefficient (Wildman–Crippen LogP) is 2.96. The molecule has 0 spiro atoms. The van der Waals surface area contributed by atoms with Gasteiger partial charge in [0.2, 0.25) is 0 Å². The number of rotatable bonds is 8. The second kappa shape index (κ2) is 8.03. The molecule has 3 nitrogen and oxygen atoms in total. The Labute approximate surface area is 109 Å². The normalized spacial score (nSPS) is 10.7. The Bertz CT molecular complexity index is 355. The third-order valence-electron chi connectivity index (χ3n) is 2.87. The summed E-state index contributed by atoms with van der Waals surface area (Å²) in [5, 5.41) is 3.22. The van der Waals surface area contributed by atoms with Gasteiger partial charge in [-0.25, -0.2) is 9.37 Å². The zero-order chi connectivity index (χ0) is 13.4. The minimum Gasteiger partial charge on any atom is -0.354 e. The van der Waals surface area contributed by atoms with Crippen LogP contribution in [0.2, 0.25) is 0 Å². The summed E-state index contributed by atoms with van der Waals surface area (Å²) in [6.45, 7) is 9.31. The van der Waals surface area contributed by atoms with Gasteiger partial charge in [-0.2, -0.15) is 0 Å². The van der Waals surface area contributed by atoms with Gasteiger partial charge in [-0.1, -0.05) is 13.8 Å². The second-order valence-corrected chi connectivity index (χ2v) is 4.36. The fourth-order valence-electron chi connectivity index (χ4n) is 1.91. The average molecular weight is 253 g/mol. The number of pyridine rings is 1.